The first kappa shape index (κ1) is 23.5. The van der Waals surface area contributed by atoms with Gasteiger partial charge in [0.05, 0.1) is 16.1 Å². The highest BCUT2D eigenvalue weighted by Gasteiger charge is 2.39. The van der Waals surface area contributed by atoms with Crippen molar-refractivity contribution < 1.29 is 18.3 Å². The predicted octanol–water partition coefficient (Wildman–Crippen LogP) is 6.27. The van der Waals surface area contributed by atoms with Crippen molar-refractivity contribution >= 4 is 51.5 Å². The van der Waals surface area contributed by atoms with Crippen molar-refractivity contribution in [2.24, 2.45) is 10.7 Å². The van der Waals surface area contributed by atoms with Crippen LogP contribution in [0, 0.1) is 0 Å². The molecule has 0 spiro atoms. The second-order valence-electron chi connectivity index (χ2n) is 7.08. The fourth-order valence-electron chi connectivity index (χ4n) is 3.13. The van der Waals surface area contributed by atoms with Crippen molar-refractivity contribution in [3.63, 3.8) is 0 Å². The van der Waals surface area contributed by atoms with Crippen LogP contribution < -0.4 is 11.1 Å². The van der Waals surface area contributed by atoms with Crippen molar-refractivity contribution in [3.8, 4) is 11.3 Å². The number of aromatic nitrogens is 2. The molecule has 2 heterocycles. The predicted molar refractivity (Wildman–Crippen MR) is 130 cm³/mol. The number of fused-ring (bicyclic) bond motifs is 1. The van der Waals surface area contributed by atoms with E-state index in [1.54, 1.807) is 29.6 Å². The standard InChI is InChI=1S/C23H17ClF3N5OS/c24-14-8-9-16-15(11-14)20(13-5-2-1-3-6-13)31-22(29-16)32-21(28)30-19(23(25,26)27)12-17(33)18-7-4-10-34-18/h1-12,19,33H,(H3,28,29,30,31,32)/b17-12-/t19-/m0/s1. The number of rotatable bonds is 5. The van der Waals surface area contributed by atoms with Crippen LogP contribution in [-0.2, 0) is 0 Å². The van der Waals surface area contributed by atoms with E-state index in [9.17, 15) is 18.3 Å². The Balaban J connectivity index is 1.71. The molecule has 0 amide bonds. The summed E-state index contributed by atoms with van der Waals surface area (Å²) in [6, 6.07) is 14.9. The van der Waals surface area contributed by atoms with Gasteiger partial charge in [0, 0.05) is 16.0 Å². The number of nitrogens with one attached hydrogen (secondary N) is 1. The first-order valence-electron chi connectivity index (χ1n) is 9.85. The van der Waals surface area contributed by atoms with E-state index in [4.69, 9.17) is 17.3 Å². The molecule has 0 bridgehead atoms. The topological polar surface area (TPSA) is 96.4 Å². The second kappa shape index (κ2) is 9.70. The van der Waals surface area contributed by atoms with Crippen molar-refractivity contribution in [2.75, 3.05) is 5.32 Å². The fraction of sp³-hybridized carbons (Fsp3) is 0.0870. The van der Waals surface area contributed by atoms with Gasteiger partial charge in [-0.1, -0.05) is 48.0 Å². The number of benzene rings is 2. The maximum Gasteiger partial charge on any atom is 0.414 e. The van der Waals surface area contributed by atoms with E-state index in [1.165, 1.54) is 6.07 Å². The minimum Gasteiger partial charge on any atom is -0.507 e. The summed E-state index contributed by atoms with van der Waals surface area (Å²) >= 11 is 7.24. The Morgan fingerprint density at radius 2 is 1.88 bits per heavy atom. The third kappa shape index (κ3) is 5.46. The van der Waals surface area contributed by atoms with Crippen molar-refractivity contribution in [3.05, 3.63) is 82.0 Å². The molecule has 2 aromatic carbocycles. The van der Waals surface area contributed by atoms with Crippen LogP contribution in [0.4, 0.5) is 19.1 Å². The lowest BCUT2D eigenvalue weighted by molar-refractivity contribution is -0.136. The van der Waals surface area contributed by atoms with Crippen LogP contribution in [0.2, 0.25) is 5.02 Å². The Morgan fingerprint density at radius 1 is 1.12 bits per heavy atom. The lowest BCUT2D eigenvalue weighted by Gasteiger charge is -2.15. The number of aliphatic hydroxyl groups excluding tert-OH is 1. The minimum atomic E-state index is -4.78. The molecule has 0 radical (unpaired) electrons. The van der Waals surface area contributed by atoms with Gasteiger partial charge in [0.2, 0.25) is 5.95 Å². The lowest BCUT2D eigenvalue weighted by atomic mass is 10.1. The number of hydrogen-bond donors (Lipinski definition) is 3. The van der Waals surface area contributed by atoms with Gasteiger partial charge in [-0.3, -0.25) is 5.32 Å². The molecule has 6 nitrogen and oxygen atoms in total. The number of hydrogen-bond acceptors (Lipinski definition) is 5. The molecular formula is C23H17ClF3N5OS. The Labute approximate surface area is 201 Å². The summed E-state index contributed by atoms with van der Waals surface area (Å²) < 4.78 is 40.7. The highest BCUT2D eigenvalue weighted by molar-refractivity contribution is 7.11. The van der Waals surface area contributed by atoms with Crippen LogP contribution in [0.1, 0.15) is 4.88 Å². The number of aliphatic imine (C=N–C) groups is 1. The smallest absolute Gasteiger partial charge is 0.414 e. The molecule has 4 N–H and O–H groups in total. The first-order valence-corrected chi connectivity index (χ1v) is 11.1. The zero-order valence-electron chi connectivity index (χ0n) is 17.3. The molecule has 1 atom stereocenters. The number of guanidine groups is 1. The third-order valence-corrected chi connectivity index (χ3v) is 5.78. The van der Waals surface area contributed by atoms with E-state index < -0.39 is 23.9 Å². The molecule has 0 aliphatic heterocycles. The van der Waals surface area contributed by atoms with Crippen molar-refractivity contribution in [2.45, 2.75) is 12.2 Å². The Kier molecular flexibility index (Phi) is 6.71. The molecular weight excluding hydrogens is 487 g/mol. The molecule has 0 aliphatic carbocycles. The zero-order valence-corrected chi connectivity index (χ0v) is 18.9. The van der Waals surface area contributed by atoms with E-state index in [1.807, 2.05) is 30.3 Å². The van der Waals surface area contributed by atoms with Gasteiger partial charge in [0.25, 0.3) is 0 Å². The quantitative estimate of drug-likeness (QED) is 0.169. The molecule has 0 saturated heterocycles. The third-order valence-electron chi connectivity index (χ3n) is 4.65. The molecule has 11 heteroatoms. The summed E-state index contributed by atoms with van der Waals surface area (Å²) in [6.07, 6.45) is -4.19. The van der Waals surface area contributed by atoms with Crippen LogP contribution in [0.25, 0.3) is 27.9 Å². The summed E-state index contributed by atoms with van der Waals surface area (Å²) in [6.45, 7) is 0. The molecule has 4 aromatic rings. The number of thiophene rings is 1. The normalized spacial score (nSPS) is 13.8. The van der Waals surface area contributed by atoms with E-state index in [0.29, 0.717) is 27.7 Å². The molecule has 4 rings (SSSR count). The number of nitrogens with zero attached hydrogens (tertiary/aromatic N) is 3. The molecule has 0 unspecified atom stereocenters. The van der Waals surface area contributed by atoms with Gasteiger partial charge in [0.1, 0.15) is 5.76 Å². The molecule has 174 valence electrons. The number of nitrogens with two attached hydrogens (primary N) is 1. The van der Waals surface area contributed by atoms with Crippen LogP contribution in [0.3, 0.4) is 0 Å². The van der Waals surface area contributed by atoms with Gasteiger partial charge in [-0.15, -0.1) is 11.3 Å². The number of halogens is 4. The first-order chi connectivity index (χ1) is 16.2. The molecule has 34 heavy (non-hydrogen) atoms. The zero-order chi connectivity index (χ0) is 24.3. The van der Waals surface area contributed by atoms with Crippen molar-refractivity contribution in [1.82, 2.24) is 9.97 Å². The van der Waals surface area contributed by atoms with Gasteiger partial charge in [-0.05, 0) is 35.7 Å². The molecule has 0 saturated carbocycles. The summed E-state index contributed by atoms with van der Waals surface area (Å²) in [5, 5.41) is 15.4. The fourth-order valence-corrected chi connectivity index (χ4v) is 3.95. The minimum absolute atomic E-state index is 0.0395. The van der Waals surface area contributed by atoms with Crippen LogP contribution in [0.5, 0.6) is 0 Å². The number of alkyl halides is 3. The highest BCUT2D eigenvalue weighted by atomic mass is 35.5. The maximum atomic E-state index is 13.6. The van der Waals surface area contributed by atoms with E-state index in [0.717, 1.165) is 16.9 Å². The van der Waals surface area contributed by atoms with Crippen LogP contribution in [-0.4, -0.2) is 33.3 Å². The lowest BCUT2D eigenvalue weighted by Crippen LogP contribution is -2.32. The Bertz CT molecular complexity index is 1360. The van der Waals surface area contributed by atoms with Gasteiger partial charge in [-0.25, -0.2) is 15.0 Å². The summed E-state index contributed by atoms with van der Waals surface area (Å²) in [7, 11) is 0. The van der Waals surface area contributed by atoms with E-state index in [-0.39, 0.29) is 10.8 Å². The second-order valence-corrected chi connectivity index (χ2v) is 8.46. The average Bonchev–Trinajstić information content (AvgIpc) is 3.33. The Hall–Kier alpha value is -3.63. The molecule has 0 aliphatic rings. The van der Waals surface area contributed by atoms with Gasteiger partial charge in [0.15, 0.2) is 12.0 Å². The number of aliphatic hydroxyl groups is 1. The SMILES string of the molecule is NC(=N[C@@H](/C=C(\O)c1cccs1)C(F)(F)F)Nc1nc(-c2ccccc2)c2cc(Cl)ccc2n1. The monoisotopic (exact) mass is 503 g/mol. The van der Waals surface area contributed by atoms with Gasteiger partial charge in [-0.2, -0.15) is 13.2 Å². The Morgan fingerprint density at radius 3 is 2.56 bits per heavy atom. The summed E-state index contributed by atoms with van der Waals surface area (Å²) in [4.78, 5) is 12.6. The van der Waals surface area contributed by atoms with Crippen LogP contribution in [0.15, 0.2) is 77.1 Å². The molecule has 2 aromatic heterocycles. The number of anilines is 1. The van der Waals surface area contributed by atoms with Crippen molar-refractivity contribution in [1.29, 1.82) is 0 Å². The average molecular weight is 504 g/mol. The molecule has 0 fully saturated rings. The largest absolute Gasteiger partial charge is 0.507 e. The van der Waals surface area contributed by atoms with E-state index in [2.05, 4.69) is 20.3 Å². The van der Waals surface area contributed by atoms with Crippen LogP contribution >= 0.6 is 22.9 Å². The maximum absolute atomic E-state index is 13.6. The van der Waals surface area contributed by atoms with Gasteiger partial charge >= 0.3 is 6.18 Å². The summed E-state index contributed by atoms with van der Waals surface area (Å²) in [5.74, 6) is -1.15. The van der Waals surface area contributed by atoms with E-state index >= 15 is 0 Å². The highest BCUT2D eigenvalue weighted by Crippen LogP contribution is 2.30. The summed E-state index contributed by atoms with van der Waals surface area (Å²) in [5.41, 5.74) is 7.57. The van der Waals surface area contributed by atoms with Gasteiger partial charge < -0.3 is 10.8 Å².